The van der Waals surface area contributed by atoms with E-state index < -0.39 is 65.9 Å². The first-order valence-corrected chi connectivity index (χ1v) is 11.3. The van der Waals surface area contributed by atoms with Gasteiger partial charge in [0.1, 0.15) is 18.7 Å². The van der Waals surface area contributed by atoms with Crippen LogP contribution >= 0.6 is 12.2 Å². The van der Waals surface area contributed by atoms with Crippen molar-refractivity contribution in [3.63, 3.8) is 0 Å². The number of benzene rings is 1. The van der Waals surface area contributed by atoms with Crippen LogP contribution < -0.4 is 5.32 Å². The fraction of sp³-hybridized carbons (Fsp3) is 0.409. The number of hydrogen-bond acceptors (Lipinski definition) is 8. The van der Waals surface area contributed by atoms with Gasteiger partial charge in [0.15, 0.2) is 5.11 Å². The van der Waals surface area contributed by atoms with Crippen molar-refractivity contribution in [2.24, 2.45) is 0 Å². The van der Waals surface area contributed by atoms with Crippen molar-refractivity contribution >= 4 is 53.1 Å². The van der Waals surface area contributed by atoms with Gasteiger partial charge in [-0.2, -0.15) is 0 Å². The van der Waals surface area contributed by atoms with Crippen LogP contribution in [0.25, 0.3) is 0 Å². The summed E-state index contributed by atoms with van der Waals surface area (Å²) in [6.07, 6.45) is -1.42. The van der Waals surface area contributed by atoms with E-state index in [2.05, 4.69) is 5.32 Å². The lowest BCUT2D eigenvalue weighted by atomic mass is 10.1. The molecular weight excluding hydrogens is 498 g/mol. The Hall–Kier alpha value is -4.07. The second-order valence-electron chi connectivity index (χ2n) is 7.76. The summed E-state index contributed by atoms with van der Waals surface area (Å²) < 4.78 is 5.06. The van der Waals surface area contributed by atoms with Gasteiger partial charge in [-0.05, 0) is 43.5 Å². The molecule has 1 fully saturated rings. The molecule has 2 atom stereocenters. The Morgan fingerprint density at radius 2 is 1.44 bits per heavy atom. The van der Waals surface area contributed by atoms with Gasteiger partial charge < -0.3 is 25.4 Å². The average molecular weight is 524 g/mol. The summed E-state index contributed by atoms with van der Waals surface area (Å²) in [4.78, 5) is 72.0. The Labute approximate surface area is 210 Å². The van der Waals surface area contributed by atoms with Gasteiger partial charge in [0, 0.05) is 13.0 Å². The molecule has 0 radical (unpaired) electrons. The number of thiocarbonyl (C=S) groups is 1. The van der Waals surface area contributed by atoms with E-state index in [-0.39, 0.29) is 26.0 Å². The minimum atomic E-state index is -1.74. The highest BCUT2D eigenvalue weighted by molar-refractivity contribution is 7.80. The molecule has 14 heteroatoms. The lowest BCUT2D eigenvalue weighted by molar-refractivity contribution is -0.152. The topological polar surface area (TPSA) is 191 Å². The number of carbonyl (C=O) groups excluding carboxylic acids is 3. The number of unbranched alkanes of at least 4 members (excludes halogenated alkanes) is 1. The Morgan fingerprint density at radius 3 is 1.97 bits per heavy atom. The number of carboxylic acid groups (broad SMARTS) is 3. The minimum absolute atomic E-state index is 0.0800. The standard InChI is InChI=1S/C22H25N3O10S/c26-16(27)10-9-15(20(32)33)25-18(29)17(28)24(22(25)36)14(19(30)31)8-4-5-11-23-21(34)35-12-13-6-2-1-3-7-13/h1-3,6-7,14-15H,4-5,8-12H2,(H,23,34)(H,26,27)(H,30,31)(H,32,33)/t14?,15-/m0/s1. The van der Waals surface area contributed by atoms with Crippen LogP contribution in [0.1, 0.15) is 37.7 Å². The van der Waals surface area contributed by atoms with Crippen molar-refractivity contribution < 1.29 is 48.8 Å². The highest BCUT2D eigenvalue weighted by atomic mass is 32.1. The molecule has 194 valence electrons. The molecule has 1 aliphatic rings. The van der Waals surface area contributed by atoms with E-state index in [1.165, 1.54) is 0 Å². The number of carboxylic acids is 3. The predicted molar refractivity (Wildman–Crippen MR) is 124 cm³/mol. The van der Waals surface area contributed by atoms with Crippen molar-refractivity contribution in [1.82, 2.24) is 15.1 Å². The second-order valence-corrected chi connectivity index (χ2v) is 8.12. The van der Waals surface area contributed by atoms with Crippen LogP contribution in [0.3, 0.4) is 0 Å². The van der Waals surface area contributed by atoms with Crippen LogP contribution in [-0.4, -0.2) is 84.7 Å². The lowest BCUT2D eigenvalue weighted by Gasteiger charge is -2.27. The number of rotatable bonds is 14. The maximum atomic E-state index is 12.5. The lowest BCUT2D eigenvalue weighted by Crippen LogP contribution is -2.49. The summed E-state index contributed by atoms with van der Waals surface area (Å²) in [6, 6.07) is 5.72. The van der Waals surface area contributed by atoms with Crippen LogP contribution in [-0.2, 0) is 35.3 Å². The molecule has 0 spiro atoms. The number of carbonyl (C=O) groups is 6. The third-order valence-corrected chi connectivity index (χ3v) is 5.64. The van der Waals surface area contributed by atoms with Crippen molar-refractivity contribution in [3.8, 4) is 0 Å². The molecule has 36 heavy (non-hydrogen) atoms. The second kappa shape index (κ2) is 13.1. The third kappa shape index (κ3) is 7.46. The van der Waals surface area contributed by atoms with Crippen molar-refractivity contribution in [1.29, 1.82) is 0 Å². The van der Waals surface area contributed by atoms with Gasteiger partial charge in [0.2, 0.25) is 0 Å². The molecule has 0 aromatic heterocycles. The SMILES string of the molecule is O=C(O)CC[C@@H](C(=O)O)N1C(=O)C(=O)N(C(CCCCNC(=O)OCc2ccccc2)C(=O)O)C1=S. The van der Waals surface area contributed by atoms with Crippen LogP contribution in [0, 0.1) is 0 Å². The number of ether oxygens (including phenoxy) is 1. The number of nitrogens with one attached hydrogen (secondary N) is 1. The van der Waals surface area contributed by atoms with Crippen LogP contribution in [0.15, 0.2) is 30.3 Å². The van der Waals surface area contributed by atoms with Crippen LogP contribution in [0.2, 0.25) is 0 Å². The molecule has 1 heterocycles. The Morgan fingerprint density at radius 1 is 0.889 bits per heavy atom. The molecule has 1 aromatic rings. The monoisotopic (exact) mass is 523 g/mol. The van der Waals surface area contributed by atoms with E-state index in [0.29, 0.717) is 16.2 Å². The summed E-state index contributed by atoms with van der Waals surface area (Å²) in [7, 11) is 0. The molecule has 3 amide bonds. The van der Waals surface area contributed by atoms with Crippen molar-refractivity contribution in [3.05, 3.63) is 35.9 Å². The molecular formula is C22H25N3O10S. The highest BCUT2D eigenvalue weighted by Crippen LogP contribution is 2.24. The van der Waals surface area contributed by atoms with Gasteiger partial charge >= 0.3 is 35.8 Å². The molecule has 0 aliphatic carbocycles. The average Bonchev–Trinajstić information content (AvgIpc) is 3.03. The number of aliphatic carboxylic acids is 3. The maximum absolute atomic E-state index is 12.5. The first-order chi connectivity index (χ1) is 17.0. The van der Waals surface area contributed by atoms with E-state index in [4.69, 9.17) is 22.1 Å². The van der Waals surface area contributed by atoms with Gasteiger partial charge in [-0.3, -0.25) is 24.2 Å². The molecule has 1 aliphatic heterocycles. The molecule has 13 nitrogen and oxygen atoms in total. The number of hydrogen-bond donors (Lipinski definition) is 4. The summed E-state index contributed by atoms with van der Waals surface area (Å²) in [6.45, 7) is 0.232. The fourth-order valence-electron chi connectivity index (χ4n) is 3.46. The van der Waals surface area contributed by atoms with Gasteiger partial charge in [-0.25, -0.2) is 14.4 Å². The highest BCUT2D eigenvalue weighted by Gasteiger charge is 2.50. The van der Waals surface area contributed by atoms with Crippen molar-refractivity contribution in [2.75, 3.05) is 6.54 Å². The molecule has 1 saturated heterocycles. The van der Waals surface area contributed by atoms with Crippen LogP contribution in [0.5, 0.6) is 0 Å². The molecule has 4 N–H and O–H groups in total. The Balaban J connectivity index is 1.91. The zero-order valence-electron chi connectivity index (χ0n) is 19.0. The molecule has 0 bridgehead atoms. The van der Waals surface area contributed by atoms with E-state index in [9.17, 15) is 39.0 Å². The molecule has 0 saturated carbocycles. The number of nitrogens with zero attached hydrogens (tertiary/aromatic N) is 2. The van der Waals surface area contributed by atoms with E-state index in [0.717, 1.165) is 5.56 Å². The summed E-state index contributed by atoms with van der Waals surface area (Å²) >= 11 is 5.05. The quantitative estimate of drug-likeness (QED) is 0.153. The predicted octanol–water partition coefficient (Wildman–Crippen LogP) is 0.810. The summed E-state index contributed by atoms with van der Waals surface area (Å²) in [5.41, 5.74) is 0.805. The van der Waals surface area contributed by atoms with Gasteiger partial charge in [0.25, 0.3) is 0 Å². The van der Waals surface area contributed by atoms with E-state index in [1.54, 1.807) is 24.3 Å². The zero-order valence-corrected chi connectivity index (χ0v) is 19.8. The molecule has 1 aromatic carbocycles. The van der Waals surface area contributed by atoms with Gasteiger partial charge in [-0.15, -0.1) is 0 Å². The Bertz CT molecular complexity index is 1030. The van der Waals surface area contributed by atoms with Gasteiger partial charge in [-0.1, -0.05) is 30.3 Å². The summed E-state index contributed by atoms with van der Waals surface area (Å²) in [5, 5.41) is 29.8. The number of alkyl carbamates (subject to hydrolysis) is 1. The van der Waals surface area contributed by atoms with Crippen molar-refractivity contribution in [2.45, 2.75) is 50.8 Å². The van der Waals surface area contributed by atoms with Crippen LogP contribution in [0.4, 0.5) is 4.79 Å². The zero-order chi connectivity index (χ0) is 26.8. The molecule has 2 rings (SSSR count). The van der Waals surface area contributed by atoms with Gasteiger partial charge in [0.05, 0.1) is 0 Å². The first kappa shape index (κ1) is 28.2. The van der Waals surface area contributed by atoms with E-state index in [1.807, 2.05) is 6.07 Å². The summed E-state index contributed by atoms with van der Waals surface area (Å²) in [5.74, 6) is -7.02. The first-order valence-electron chi connectivity index (χ1n) is 10.9. The third-order valence-electron chi connectivity index (χ3n) is 5.24. The smallest absolute Gasteiger partial charge is 0.407 e. The number of amides is 3. The molecule has 1 unspecified atom stereocenters. The Kier molecular flexibility index (Phi) is 10.3. The largest absolute Gasteiger partial charge is 0.481 e. The fourth-order valence-corrected chi connectivity index (χ4v) is 3.88. The van der Waals surface area contributed by atoms with E-state index >= 15 is 0 Å². The maximum Gasteiger partial charge on any atom is 0.407 e. The normalized spacial score (nSPS) is 14.9. The minimum Gasteiger partial charge on any atom is -0.481 e.